The Morgan fingerprint density at radius 2 is 1.86 bits per heavy atom. The molecule has 1 spiro atoms. The minimum Gasteiger partial charge on any atom is -0.295 e. The van der Waals surface area contributed by atoms with Gasteiger partial charge in [0, 0.05) is 11.6 Å². The summed E-state index contributed by atoms with van der Waals surface area (Å²) >= 11 is 0. The van der Waals surface area contributed by atoms with Crippen molar-refractivity contribution in [3.63, 3.8) is 0 Å². The molecule has 0 aromatic rings. The summed E-state index contributed by atoms with van der Waals surface area (Å²) in [6.45, 7) is 10.9. The second kappa shape index (κ2) is 3.23. The van der Waals surface area contributed by atoms with Crippen molar-refractivity contribution in [3.8, 4) is 0 Å². The molecule has 0 aromatic carbocycles. The smallest absolute Gasteiger partial charge is 0.0218 e. The van der Waals surface area contributed by atoms with Gasteiger partial charge in [0.2, 0.25) is 0 Å². The van der Waals surface area contributed by atoms with E-state index in [1.807, 2.05) is 0 Å². The fraction of sp³-hybridized carbons (Fsp3) is 1.00. The molecule has 1 saturated heterocycles. The van der Waals surface area contributed by atoms with Crippen LogP contribution < -0.4 is 0 Å². The van der Waals surface area contributed by atoms with E-state index < -0.39 is 0 Å². The van der Waals surface area contributed by atoms with Crippen LogP contribution in [0, 0.1) is 5.41 Å². The Balaban J connectivity index is 2.09. The monoisotopic (exact) mass is 195 g/mol. The van der Waals surface area contributed by atoms with E-state index in [9.17, 15) is 0 Å². The first kappa shape index (κ1) is 10.5. The molecule has 1 heterocycles. The predicted molar refractivity (Wildman–Crippen MR) is 61.4 cm³/mol. The third kappa shape index (κ3) is 1.60. The summed E-state index contributed by atoms with van der Waals surface area (Å²) in [5.41, 5.74) is 1.28. The van der Waals surface area contributed by atoms with Crippen LogP contribution in [0.25, 0.3) is 0 Å². The van der Waals surface area contributed by atoms with Gasteiger partial charge in [-0.05, 0) is 51.5 Å². The van der Waals surface area contributed by atoms with Crippen LogP contribution in [-0.2, 0) is 0 Å². The SMILES string of the molecule is CC[C@@]1(C)CCN(C(C)C)C2(CC2)C1. The van der Waals surface area contributed by atoms with Gasteiger partial charge in [0.1, 0.15) is 0 Å². The first-order valence-electron chi connectivity index (χ1n) is 6.28. The Morgan fingerprint density at radius 1 is 1.21 bits per heavy atom. The van der Waals surface area contributed by atoms with Crippen molar-refractivity contribution >= 4 is 0 Å². The van der Waals surface area contributed by atoms with E-state index in [1.165, 1.54) is 38.6 Å². The largest absolute Gasteiger partial charge is 0.295 e. The first-order valence-corrected chi connectivity index (χ1v) is 6.28. The molecule has 0 unspecified atom stereocenters. The highest BCUT2D eigenvalue weighted by Crippen LogP contribution is 2.55. The molecule has 0 radical (unpaired) electrons. The van der Waals surface area contributed by atoms with E-state index in [0.717, 1.165) is 6.04 Å². The highest BCUT2D eigenvalue weighted by atomic mass is 15.3. The Bertz CT molecular complexity index is 217. The summed E-state index contributed by atoms with van der Waals surface area (Å²) in [5, 5.41) is 0. The topological polar surface area (TPSA) is 3.24 Å². The van der Waals surface area contributed by atoms with Crippen LogP contribution in [0.3, 0.4) is 0 Å². The molecule has 1 saturated carbocycles. The molecule has 0 amide bonds. The number of piperidine rings is 1. The van der Waals surface area contributed by atoms with Crippen molar-refractivity contribution in [3.05, 3.63) is 0 Å². The van der Waals surface area contributed by atoms with Gasteiger partial charge < -0.3 is 0 Å². The molecule has 14 heavy (non-hydrogen) atoms. The lowest BCUT2D eigenvalue weighted by molar-refractivity contribution is 0.0205. The van der Waals surface area contributed by atoms with E-state index in [1.54, 1.807) is 0 Å². The summed E-state index contributed by atoms with van der Waals surface area (Å²) in [7, 11) is 0. The maximum atomic E-state index is 2.77. The van der Waals surface area contributed by atoms with Gasteiger partial charge >= 0.3 is 0 Å². The molecular formula is C13H25N. The third-order valence-electron chi connectivity index (χ3n) is 4.63. The standard InChI is InChI=1S/C13H25N/c1-5-12(4)8-9-14(11(2)3)13(10-12)6-7-13/h11H,5-10H2,1-4H3/t12-/m0/s1. The highest BCUT2D eigenvalue weighted by molar-refractivity contribution is 5.10. The quantitative estimate of drug-likeness (QED) is 0.652. The summed E-state index contributed by atoms with van der Waals surface area (Å²) in [6.07, 6.45) is 7.14. The maximum Gasteiger partial charge on any atom is 0.0218 e. The van der Waals surface area contributed by atoms with Gasteiger partial charge in [0.15, 0.2) is 0 Å². The molecular weight excluding hydrogens is 170 g/mol. The third-order valence-corrected chi connectivity index (χ3v) is 4.63. The Labute approximate surface area is 88.9 Å². The van der Waals surface area contributed by atoms with Gasteiger partial charge in [-0.2, -0.15) is 0 Å². The van der Waals surface area contributed by atoms with Crippen molar-refractivity contribution in [2.45, 2.75) is 71.4 Å². The average molecular weight is 195 g/mol. The van der Waals surface area contributed by atoms with Gasteiger partial charge in [0.05, 0.1) is 0 Å². The van der Waals surface area contributed by atoms with E-state index >= 15 is 0 Å². The zero-order valence-corrected chi connectivity index (χ0v) is 10.3. The maximum absolute atomic E-state index is 2.77. The molecule has 2 rings (SSSR count). The van der Waals surface area contributed by atoms with Crippen LogP contribution >= 0.6 is 0 Å². The van der Waals surface area contributed by atoms with E-state index in [-0.39, 0.29) is 0 Å². The van der Waals surface area contributed by atoms with E-state index in [4.69, 9.17) is 0 Å². The summed E-state index contributed by atoms with van der Waals surface area (Å²) < 4.78 is 0. The lowest BCUT2D eigenvalue weighted by Gasteiger charge is -2.47. The molecule has 0 aromatic heterocycles. The zero-order chi connectivity index (χ0) is 10.4. The molecule has 1 nitrogen and oxygen atoms in total. The van der Waals surface area contributed by atoms with Crippen LogP contribution in [0.15, 0.2) is 0 Å². The molecule has 1 aliphatic carbocycles. The van der Waals surface area contributed by atoms with Crippen LogP contribution in [0.2, 0.25) is 0 Å². The van der Waals surface area contributed by atoms with Crippen LogP contribution in [0.4, 0.5) is 0 Å². The molecule has 0 N–H and O–H groups in total. The lowest BCUT2D eigenvalue weighted by Crippen LogP contribution is -2.50. The lowest BCUT2D eigenvalue weighted by atomic mass is 9.73. The van der Waals surface area contributed by atoms with E-state index in [2.05, 4.69) is 32.6 Å². The second-order valence-corrected chi connectivity index (χ2v) is 6.10. The Kier molecular flexibility index (Phi) is 2.42. The fourth-order valence-corrected chi connectivity index (χ4v) is 3.33. The molecule has 2 aliphatic rings. The Hall–Kier alpha value is -0.0400. The zero-order valence-electron chi connectivity index (χ0n) is 10.3. The minimum absolute atomic E-state index is 0.636. The summed E-state index contributed by atoms with van der Waals surface area (Å²) in [6, 6.07) is 0.749. The number of likely N-dealkylation sites (tertiary alicyclic amines) is 1. The second-order valence-electron chi connectivity index (χ2n) is 6.10. The molecule has 2 fully saturated rings. The van der Waals surface area contributed by atoms with Crippen LogP contribution in [0.5, 0.6) is 0 Å². The number of rotatable bonds is 2. The predicted octanol–water partition coefficient (Wildman–Crippen LogP) is 3.44. The van der Waals surface area contributed by atoms with E-state index in [0.29, 0.717) is 11.0 Å². The first-order chi connectivity index (χ1) is 6.51. The summed E-state index contributed by atoms with van der Waals surface area (Å²) in [4.78, 5) is 2.77. The molecule has 82 valence electrons. The van der Waals surface area contributed by atoms with Crippen molar-refractivity contribution in [1.82, 2.24) is 4.90 Å². The highest BCUT2D eigenvalue weighted by Gasteiger charge is 2.54. The van der Waals surface area contributed by atoms with Crippen molar-refractivity contribution < 1.29 is 0 Å². The normalized spacial score (nSPS) is 36.6. The number of hydrogen-bond acceptors (Lipinski definition) is 1. The van der Waals surface area contributed by atoms with Gasteiger partial charge in [-0.25, -0.2) is 0 Å². The van der Waals surface area contributed by atoms with Crippen molar-refractivity contribution in [1.29, 1.82) is 0 Å². The number of nitrogens with zero attached hydrogens (tertiary/aromatic N) is 1. The van der Waals surface area contributed by atoms with Crippen LogP contribution in [-0.4, -0.2) is 23.0 Å². The van der Waals surface area contributed by atoms with Gasteiger partial charge in [0.25, 0.3) is 0 Å². The van der Waals surface area contributed by atoms with Gasteiger partial charge in [-0.15, -0.1) is 0 Å². The van der Waals surface area contributed by atoms with Gasteiger partial charge in [-0.3, -0.25) is 4.90 Å². The Morgan fingerprint density at radius 3 is 2.29 bits per heavy atom. The fourth-order valence-electron chi connectivity index (χ4n) is 3.33. The van der Waals surface area contributed by atoms with Gasteiger partial charge in [-0.1, -0.05) is 20.3 Å². The summed E-state index contributed by atoms with van der Waals surface area (Å²) in [5.74, 6) is 0. The average Bonchev–Trinajstić information content (AvgIpc) is 2.84. The number of hydrogen-bond donors (Lipinski definition) is 0. The molecule has 1 heteroatoms. The van der Waals surface area contributed by atoms with Crippen molar-refractivity contribution in [2.24, 2.45) is 5.41 Å². The van der Waals surface area contributed by atoms with Crippen molar-refractivity contribution in [2.75, 3.05) is 6.54 Å². The molecule has 1 atom stereocenters. The molecule has 1 aliphatic heterocycles. The minimum atomic E-state index is 0.636. The molecule has 0 bridgehead atoms. The van der Waals surface area contributed by atoms with Crippen LogP contribution in [0.1, 0.15) is 59.8 Å².